The van der Waals surface area contributed by atoms with Crippen molar-refractivity contribution in [3.05, 3.63) is 54.3 Å². The van der Waals surface area contributed by atoms with Gasteiger partial charge in [0.1, 0.15) is 11.6 Å². The predicted octanol–water partition coefficient (Wildman–Crippen LogP) is 4.23. The number of hydrogen-bond donors (Lipinski definition) is 1. The Bertz CT molecular complexity index is 959. The Morgan fingerprint density at radius 1 is 1.25 bits per heavy atom. The Morgan fingerprint density at radius 2 is 2.00 bits per heavy atom. The third-order valence-corrected chi connectivity index (χ3v) is 5.21. The van der Waals surface area contributed by atoms with Crippen molar-refractivity contribution in [1.29, 1.82) is 0 Å². The van der Waals surface area contributed by atoms with Gasteiger partial charge in [0, 0.05) is 17.8 Å². The van der Waals surface area contributed by atoms with E-state index in [-0.39, 0.29) is 5.91 Å². The lowest BCUT2D eigenvalue weighted by atomic mass is 10.2. The Morgan fingerprint density at radius 3 is 2.64 bits per heavy atom. The maximum absolute atomic E-state index is 13.3. The molecule has 0 aliphatic carbocycles. The van der Waals surface area contributed by atoms with Crippen LogP contribution in [0.1, 0.15) is 13.8 Å². The molecule has 0 saturated carbocycles. The molecule has 6 nitrogen and oxygen atoms in total. The molecule has 1 heterocycles. The number of rotatable bonds is 7. The second-order valence-corrected chi connectivity index (χ2v) is 7.35. The maximum atomic E-state index is 13.3. The SMILES string of the molecule is CCn1c(SC(C)C(=O)Nc2cccc(F)c2)nnc1-c1ccc(OC)cc1. The first-order valence-corrected chi connectivity index (χ1v) is 9.70. The van der Waals surface area contributed by atoms with E-state index in [4.69, 9.17) is 4.74 Å². The van der Waals surface area contributed by atoms with E-state index in [2.05, 4.69) is 15.5 Å². The zero-order chi connectivity index (χ0) is 20.1. The fourth-order valence-electron chi connectivity index (χ4n) is 2.64. The number of nitrogens with one attached hydrogen (secondary N) is 1. The van der Waals surface area contributed by atoms with E-state index in [1.54, 1.807) is 26.2 Å². The van der Waals surface area contributed by atoms with Gasteiger partial charge in [-0.05, 0) is 56.3 Å². The number of nitrogens with zero attached hydrogens (tertiary/aromatic N) is 3. The highest BCUT2D eigenvalue weighted by molar-refractivity contribution is 8.00. The smallest absolute Gasteiger partial charge is 0.237 e. The fraction of sp³-hybridized carbons (Fsp3) is 0.250. The van der Waals surface area contributed by atoms with Gasteiger partial charge in [-0.3, -0.25) is 4.79 Å². The number of ether oxygens (including phenoxy) is 1. The van der Waals surface area contributed by atoms with Gasteiger partial charge in [-0.25, -0.2) is 4.39 Å². The molecule has 146 valence electrons. The van der Waals surface area contributed by atoms with Gasteiger partial charge in [0.15, 0.2) is 11.0 Å². The summed E-state index contributed by atoms with van der Waals surface area (Å²) >= 11 is 1.31. The van der Waals surface area contributed by atoms with E-state index in [9.17, 15) is 9.18 Å². The van der Waals surface area contributed by atoms with Crippen LogP contribution in [0, 0.1) is 5.82 Å². The number of anilines is 1. The first-order chi connectivity index (χ1) is 13.5. The Kier molecular flexibility index (Phi) is 6.30. The molecule has 1 amide bonds. The number of benzene rings is 2. The van der Waals surface area contributed by atoms with Gasteiger partial charge in [-0.1, -0.05) is 17.8 Å². The third kappa shape index (κ3) is 4.51. The molecule has 8 heteroatoms. The molecule has 3 aromatic rings. The average Bonchev–Trinajstić information content (AvgIpc) is 3.10. The molecule has 3 rings (SSSR count). The van der Waals surface area contributed by atoms with Crippen LogP contribution in [0.5, 0.6) is 5.75 Å². The number of aromatic nitrogens is 3. The Labute approximate surface area is 167 Å². The first kappa shape index (κ1) is 19.9. The number of amides is 1. The quantitative estimate of drug-likeness (QED) is 0.601. The normalized spacial score (nSPS) is 11.9. The minimum Gasteiger partial charge on any atom is -0.497 e. The number of carbonyl (C=O) groups is 1. The summed E-state index contributed by atoms with van der Waals surface area (Å²) in [5.41, 5.74) is 1.34. The van der Waals surface area contributed by atoms with Crippen molar-refractivity contribution in [3.63, 3.8) is 0 Å². The summed E-state index contributed by atoms with van der Waals surface area (Å²) in [6, 6.07) is 13.4. The molecule has 0 aliphatic heterocycles. The summed E-state index contributed by atoms with van der Waals surface area (Å²) in [5.74, 6) is 0.870. The van der Waals surface area contributed by atoms with Gasteiger partial charge < -0.3 is 14.6 Å². The summed E-state index contributed by atoms with van der Waals surface area (Å²) in [5, 5.41) is 11.5. The number of carbonyl (C=O) groups excluding carboxylic acids is 1. The molecule has 1 unspecified atom stereocenters. The van der Waals surface area contributed by atoms with E-state index in [1.165, 1.54) is 23.9 Å². The third-order valence-electron chi connectivity index (χ3n) is 4.12. The lowest BCUT2D eigenvalue weighted by Gasteiger charge is -2.13. The molecule has 0 radical (unpaired) electrons. The predicted molar refractivity (Wildman–Crippen MR) is 108 cm³/mol. The first-order valence-electron chi connectivity index (χ1n) is 8.82. The monoisotopic (exact) mass is 400 g/mol. The molecule has 0 saturated heterocycles. The second-order valence-electron chi connectivity index (χ2n) is 6.04. The number of methoxy groups -OCH3 is 1. The highest BCUT2D eigenvalue weighted by Crippen LogP contribution is 2.28. The van der Waals surface area contributed by atoms with Crippen LogP contribution in [0.25, 0.3) is 11.4 Å². The second kappa shape index (κ2) is 8.88. The van der Waals surface area contributed by atoms with Gasteiger partial charge >= 0.3 is 0 Å². The molecule has 0 spiro atoms. The number of halogens is 1. The van der Waals surface area contributed by atoms with Gasteiger partial charge in [0.25, 0.3) is 0 Å². The largest absolute Gasteiger partial charge is 0.497 e. The number of thioether (sulfide) groups is 1. The van der Waals surface area contributed by atoms with Crippen LogP contribution in [-0.2, 0) is 11.3 Å². The Balaban J connectivity index is 1.74. The summed E-state index contributed by atoms with van der Waals surface area (Å²) in [6.45, 7) is 4.44. The molecule has 1 N–H and O–H groups in total. The topological polar surface area (TPSA) is 69.0 Å². The van der Waals surface area contributed by atoms with Crippen molar-refractivity contribution < 1.29 is 13.9 Å². The maximum Gasteiger partial charge on any atom is 0.237 e. The van der Waals surface area contributed by atoms with E-state index in [1.807, 2.05) is 35.8 Å². The highest BCUT2D eigenvalue weighted by Gasteiger charge is 2.20. The lowest BCUT2D eigenvalue weighted by molar-refractivity contribution is -0.115. The molecular formula is C20H21FN4O2S. The van der Waals surface area contributed by atoms with Crippen molar-refractivity contribution in [2.75, 3.05) is 12.4 Å². The van der Waals surface area contributed by atoms with Gasteiger partial charge in [0.2, 0.25) is 5.91 Å². The van der Waals surface area contributed by atoms with Crippen LogP contribution < -0.4 is 10.1 Å². The van der Waals surface area contributed by atoms with Crippen molar-refractivity contribution in [2.45, 2.75) is 30.8 Å². The van der Waals surface area contributed by atoms with Crippen LogP contribution in [0.4, 0.5) is 10.1 Å². The molecule has 28 heavy (non-hydrogen) atoms. The van der Waals surface area contributed by atoms with Crippen molar-refractivity contribution in [1.82, 2.24) is 14.8 Å². The molecule has 1 aromatic heterocycles. The van der Waals surface area contributed by atoms with E-state index < -0.39 is 11.1 Å². The molecule has 0 aliphatic rings. The van der Waals surface area contributed by atoms with Crippen LogP contribution in [0.2, 0.25) is 0 Å². The van der Waals surface area contributed by atoms with Gasteiger partial charge in [-0.15, -0.1) is 10.2 Å². The summed E-state index contributed by atoms with van der Waals surface area (Å²) < 4.78 is 20.4. The summed E-state index contributed by atoms with van der Waals surface area (Å²) in [7, 11) is 1.62. The van der Waals surface area contributed by atoms with Crippen LogP contribution >= 0.6 is 11.8 Å². The van der Waals surface area contributed by atoms with Crippen molar-refractivity contribution in [2.24, 2.45) is 0 Å². The zero-order valence-electron chi connectivity index (χ0n) is 15.8. The summed E-state index contributed by atoms with van der Waals surface area (Å²) in [6.07, 6.45) is 0. The van der Waals surface area contributed by atoms with E-state index in [0.29, 0.717) is 17.4 Å². The minimum absolute atomic E-state index is 0.229. The van der Waals surface area contributed by atoms with Crippen LogP contribution in [0.3, 0.4) is 0 Å². The molecule has 0 fully saturated rings. The van der Waals surface area contributed by atoms with E-state index in [0.717, 1.165) is 17.1 Å². The van der Waals surface area contributed by atoms with Gasteiger partial charge in [0.05, 0.1) is 12.4 Å². The highest BCUT2D eigenvalue weighted by atomic mass is 32.2. The molecule has 0 bridgehead atoms. The molecular weight excluding hydrogens is 379 g/mol. The van der Waals surface area contributed by atoms with Gasteiger partial charge in [-0.2, -0.15) is 0 Å². The van der Waals surface area contributed by atoms with E-state index >= 15 is 0 Å². The minimum atomic E-state index is -0.429. The lowest BCUT2D eigenvalue weighted by Crippen LogP contribution is -2.23. The van der Waals surface area contributed by atoms with Crippen LogP contribution in [0.15, 0.2) is 53.7 Å². The average molecular weight is 400 g/mol. The fourth-order valence-corrected chi connectivity index (χ4v) is 3.55. The molecule has 2 aromatic carbocycles. The standard InChI is InChI=1S/C20H21FN4O2S/c1-4-25-18(14-8-10-17(27-3)11-9-14)23-24-20(25)28-13(2)19(26)22-16-7-5-6-15(21)12-16/h5-13H,4H2,1-3H3,(H,22,26). The molecule has 1 atom stereocenters. The number of hydrogen-bond acceptors (Lipinski definition) is 5. The van der Waals surface area contributed by atoms with Crippen molar-refractivity contribution in [3.8, 4) is 17.1 Å². The summed E-state index contributed by atoms with van der Waals surface area (Å²) in [4.78, 5) is 12.4. The van der Waals surface area contributed by atoms with Crippen molar-refractivity contribution >= 4 is 23.4 Å². The zero-order valence-corrected chi connectivity index (χ0v) is 16.7. The Hall–Kier alpha value is -2.87. The van der Waals surface area contributed by atoms with Crippen LogP contribution in [-0.4, -0.2) is 33.0 Å².